The van der Waals surface area contributed by atoms with E-state index in [2.05, 4.69) is 13.5 Å². The topological polar surface area (TPSA) is 38.8 Å². The lowest BCUT2D eigenvalue weighted by atomic mass is 9.90. The fourth-order valence-corrected chi connectivity index (χ4v) is 2.45. The highest BCUT2D eigenvalue weighted by atomic mass is 16.6. The summed E-state index contributed by atoms with van der Waals surface area (Å²) in [6, 6.07) is 0. The first-order valence-corrected chi connectivity index (χ1v) is 7.55. The number of ether oxygens (including phenoxy) is 2. The molecule has 0 aromatic heterocycles. The quantitative estimate of drug-likeness (QED) is 0.569. The Bertz CT molecular complexity index is 335. The van der Waals surface area contributed by atoms with E-state index < -0.39 is 5.60 Å². The molecule has 0 radical (unpaired) electrons. The van der Waals surface area contributed by atoms with Gasteiger partial charge >= 0.3 is 6.09 Å². The Morgan fingerprint density at radius 3 is 2.70 bits per heavy atom. The summed E-state index contributed by atoms with van der Waals surface area (Å²) in [5.74, 6) is 0. The summed E-state index contributed by atoms with van der Waals surface area (Å²) < 4.78 is 11.5. The summed E-state index contributed by atoms with van der Waals surface area (Å²) in [6.45, 7) is 13.5. The summed E-state index contributed by atoms with van der Waals surface area (Å²) in [6.07, 6.45) is 5.33. The van der Waals surface area contributed by atoms with Crippen LogP contribution in [0.1, 0.15) is 53.4 Å². The van der Waals surface area contributed by atoms with Crippen molar-refractivity contribution in [2.75, 3.05) is 19.7 Å². The first-order valence-electron chi connectivity index (χ1n) is 7.55. The molecule has 1 fully saturated rings. The van der Waals surface area contributed by atoms with Gasteiger partial charge in [0.15, 0.2) is 0 Å². The van der Waals surface area contributed by atoms with Gasteiger partial charge in [-0.3, -0.25) is 0 Å². The Balaban J connectivity index is 2.63. The Kier molecular flexibility index (Phi) is 6.06. The van der Waals surface area contributed by atoms with E-state index >= 15 is 0 Å². The zero-order valence-corrected chi connectivity index (χ0v) is 13.4. The fourth-order valence-electron chi connectivity index (χ4n) is 2.45. The van der Waals surface area contributed by atoms with Gasteiger partial charge in [-0.2, -0.15) is 0 Å². The molecule has 4 heteroatoms. The number of hydrogen-bond acceptors (Lipinski definition) is 3. The number of carbonyl (C=O) groups excluding carboxylic acids is 1. The highest BCUT2D eigenvalue weighted by molar-refractivity contribution is 5.68. The molecule has 1 saturated heterocycles. The Labute approximate surface area is 123 Å². The largest absolute Gasteiger partial charge is 0.444 e. The van der Waals surface area contributed by atoms with E-state index in [4.69, 9.17) is 9.47 Å². The molecule has 0 aliphatic carbocycles. The van der Waals surface area contributed by atoms with Crippen LogP contribution >= 0.6 is 0 Å². The van der Waals surface area contributed by atoms with Crippen molar-refractivity contribution in [1.29, 1.82) is 0 Å². The van der Waals surface area contributed by atoms with Crippen LogP contribution in [0.25, 0.3) is 0 Å². The van der Waals surface area contributed by atoms with Gasteiger partial charge in [0.2, 0.25) is 0 Å². The Hall–Kier alpha value is -1.03. The van der Waals surface area contributed by atoms with Crippen molar-refractivity contribution in [3.05, 3.63) is 12.7 Å². The van der Waals surface area contributed by atoms with Crippen molar-refractivity contribution in [2.24, 2.45) is 0 Å². The average molecular weight is 283 g/mol. The number of piperidine rings is 1. The molecule has 0 bridgehead atoms. The zero-order valence-electron chi connectivity index (χ0n) is 13.4. The number of carbonyl (C=O) groups is 1. The van der Waals surface area contributed by atoms with Gasteiger partial charge in [0.25, 0.3) is 0 Å². The molecular weight excluding hydrogens is 254 g/mol. The van der Waals surface area contributed by atoms with Gasteiger partial charge in [-0.25, -0.2) is 4.79 Å². The van der Waals surface area contributed by atoms with Gasteiger partial charge in [-0.15, -0.1) is 6.58 Å². The Morgan fingerprint density at radius 2 is 2.15 bits per heavy atom. The summed E-state index contributed by atoms with van der Waals surface area (Å²) >= 11 is 0. The van der Waals surface area contributed by atoms with Crippen LogP contribution in [-0.2, 0) is 9.47 Å². The number of amides is 1. The molecule has 1 heterocycles. The van der Waals surface area contributed by atoms with Crippen LogP contribution < -0.4 is 0 Å². The summed E-state index contributed by atoms with van der Waals surface area (Å²) in [4.78, 5) is 14.0. The van der Waals surface area contributed by atoms with E-state index in [9.17, 15) is 4.79 Å². The minimum atomic E-state index is -0.451. The van der Waals surface area contributed by atoms with Crippen molar-refractivity contribution in [3.8, 4) is 0 Å². The molecule has 0 aromatic carbocycles. The van der Waals surface area contributed by atoms with Crippen LogP contribution in [0.4, 0.5) is 4.79 Å². The standard InChI is InChI=1S/C16H29NO3/c1-6-8-12-19-16(7-2)10-9-11-17(13-16)14(18)20-15(3,4)5/h6H,1,7-13H2,2-5H3. The highest BCUT2D eigenvalue weighted by Gasteiger charge is 2.37. The summed E-state index contributed by atoms with van der Waals surface area (Å²) in [5, 5.41) is 0. The average Bonchev–Trinajstić information content (AvgIpc) is 2.37. The van der Waals surface area contributed by atoms with Gasteiger partial charge in [-0.05, 0) is 46.5 Å². The third-order valence-corrected chi connectivity index (χ3v) is 3.57. The lowest BCUT2D eigenvalue weighted by Crippen LogP contribution is -2.52. The maximum atomic E-state index is 12.2. The third-order valence-electron chi connectivity index (χ3n) is 3.57. The number of hydrogen-bond donors (Lipinski definition) is 0. The lowest BCUT2D eigenvalue weighted by Gasteiger charge is -2.42. The molecule has 1 amide bonds. The van der Waals surface area contributed by atoms with Crippen LogP contribution in [0, 0.1) is 0 Å². The van der Waals surface area contributed by atoms with Gasteiger partial charge < -0.3 is 14.4 Å². The van der Waals surface area contributed by atoms with Crippen molar-refractivity contribution >= 4 is 6.09 Å². The SMILES string of the molecule is C=CCCOC1(CC)CCCN(C(=O)OC(C)(C)C)C1. The van der Waals surface area contributed by atoms with Gasteiger partial charge in [0, 0.05) is 6.54 Å². The van der Waals surface area contributed by atoms with Gasteiger partial charge in [0.1, 0.15) is 5.60 Å². The van der Waals surface area contributed by atoms with Crippen molar-refractivity contribution in [3.63, 3.8) is 0 Å². The fraction of sp³-hybridized carbons (Fsp3) is 0.812. The minimum Gasteiger partial charge on any atom is -0.444 e. The first-order chi connectivity index (χ1) is 9.32. The molecule has 1 aliphatic heterocycles. The number of rotatable bonds is 5. The maximum Gasteiger partial charge on any atom is 0.410 e. The van der Waals surface area contributed by atoms with E-state index in [1.807, 2.05) is 26.8 Å². The van der Waals surface area contributed by atoms with Gasteiger partial charge in [0.05, 0.1) is 18.8 Å². The van der Waals surface area contributed by atoms with Crippen LogP contribution in [-0.4, -0.2) is 41.9 Å². The van der Waals surface area contributed by atoms with E-state index in [1.54, 1.807) is 4.90 Å². The van der Waals surface area contributed by atoms with Crippen LogP contribution in [0.3, 0.4) is 0 Å². The second-order valence-corrected chi connectivity index (χ2v) is 6.47. The molecule has 0 aromatic rings. The van der Waals surface area contributed by atoms with Crippen molar-refractivity contribution in [1.82, 2.24) is 4.90 Å². The van der Waals surface area contributed by atoms with Crippen LogP contribution in [0.15, 0.2) is 12.7 Å². The van der Waals surface area contributed by atoms with E-state index in [0.29, 0.717) is 13.2 Å². The molecule has 0 spiro atoms. The second kappa shape index (κ2) is 7.11. The zero-order chi connectivity index (χ0) is 15.2. The smallest absolute Gasteiger partial charge is 0.410 e. The second-order valence-electron chi connectivity index (χ2n) is 6.47. The molecule has 1 aliphatic rings. The maximum absolute atomic E-state index is 12.2. The number of nitrogens with zero attached hydrogens (tertiary/aromatic N) is 1. The van der Waals surface area contributed by atoms with Crippen molar-refractivity contribution < 1.29 is 14.3 Å². The molecule has 0 saturated carbocycles. The normalized spacial score (nSPS) is 23.5. The summed E-state index contributed by atoms with van der Waals surface area (Å²) in [7, 11) is 0. The molecule has 1 atom stereocenters. The summed E-state index contributed by atoms with van der Waals surface area (Å²) in [5.41, 5.74) is -0.675. The minimum absolute atomic E-state index is 0.224. The molecule has 1 unspecified atom stereocenters. The predicted octanol–water partition coefficient (Wildman–Crippen LogP) is 3.76. The molecule has 4 nitrogen and oxygen atoms in total. The third kappa shape index (κ3) is 5.16. The van der Waals surface area contributed by atoms with Crippen molar-refractivity contribution in [2.45, 2.75) is 64.6 Å². The van der Waals surface area contributed by atoms with E-state index in [1.165, 1.54) is 0 Å². The van der Waals surface area contributed by atoms with Crippen LogP contribution in [0.5, 0.6) is 0 Å². The Morgan fingerprint density at radius 1 is 1.45 bits per heavy atom. The molecule has 0 N–H and O–H groups in total. The first kappa shape index (κ1) is 17.0. The van der Waals surface area contributed by atoms with Crippen LogP contribution in [0.2, 0.25) is 0 Å². The predicted molar refractivity (Wildman–Crippen MR) is 80.8 cm³/mol. The molecule has 116 valence electrons. The van der Waals surface area contributed by atoms with E-state index in [0.717, 1.165) is 32.2 Å². The monoisotopic (exact) mass is 283 g/mol. The molecule has 1 rings (SSSR count). The lowest BCUT2D eigenvalue weighted by molar-refractivity contribution is -0.0918. The van der Waals surface area contributed by atoms with Gasteiger partial charge in [-0.1, -0.05) is 13.0 Å². The number of likely N-dealkylation sites (tertiary alicyclic amines) is 1. The highest BCUT2D eigenvalue weighted by Crippen LogP contribution is 2.29. The molecular formula is C16H29NO3. The molecule has 20 heavy (non-hydrogen) atoms. The van der Waals surface area contributed by atoms with E-state index in [-0.39, 0.29) is 11.7 Å².